The van der Waals surface area contributed by atoms with E-state index in [1.807, 2.05) is 24.3 Å². The van der Waals surface area contributed by atoms with Gasteiger partial charge in [0.05, 0.1) is 13.5 Å². The molecule has 0 amide bonds. The van der Waals surface area contributed by atoms with Crippen LogP contribution in [0.15, 0.2) is 34.7 Å². The van der Waals surface area contributed by atoms with Gasteiger partial charge in [-0.05, 0) is 37.6 Å². The Morgan fingerprint density at radius 3 is 2.46 bits per heavy atom. The minimum absolute atomic E-state index is 0.202. The van der Waals surface area contributed by atoms with Crippen molar-refractivity contribution in [3.63, 3.8) is 0 Å². The molecule has 0 spiro atoms. The topological polar surface area (TPSA) is 66.0 Å². The molecule has 26 heavy (non-hydrogen) atoms. The Hall–Kier alpha value is -2.84. The van der Waals surface area contributed by atoms with E-state index in [2.05, 4.69) is 15.3 Å². The number of ether oxygens (including phenoxy) is 1. The molecule has 0 aliphatic heterocycles. The van der Waals surface area contributed by atoms with E-state index < -0.39 is 17.9 Å². The SMILES string of the molecule is COc1ccc(Cc2nnc(C(C)n3nc(C(F)(F)F)cc3C)o2)cc1. The number of hydrogen-bond acceptors (Lipinski definition) is 5. The van der Waals surface area contributed by atoms with E-state index in [1.54, 1.807) is 21.0 Å². The van der Waals surface area contributed by atoms with E-state index in [0.29, 0.717) is 18.0 Å². The van der Waals surface area contributed by atoms with Gasteiger partial charge in [-0.2, -0.15) is 18.3 Å². The molecule has 2 heterocycles. The molecule has 2 aromatic heterocycles. The van der Waals surface area contributed by atoms with Crippen molar-refractivity contribution >= 4 is 0 Å². The van der Waals surface area contributed by atoms with Crippen LogP contribution in [-0.4, -0.2) is 27.1 Å². The van der Waals surface area contributed by atoms with Crippen LogP contribution in [0, 0.1) is 6.92 Å². The number of nitrogens with zero attached hydrogens (tertiary/aromatic N) is 4. The lowest BCUT2D eigenvalue weighted by molar-refractivity contribution is -0.141. The molecule has 138 valence electrons. The summed E-state index contributed by atoms with van der Waals surface area (Å²) in [6.07, 6.45) is -4.08. The summed E-state index contributed by atoms with van der Waals surface area (Å²) in [7, 11) is 1.59. The van der Waals surface area contributed by atoms with Crippen LogP contribution in [0.4, 0.5) is 13.2 Å². The molecule has 0 saturated heterocycles. The molecule has 1 aromatic carbocycles. The Kier molecular flexibility index (Phi) is 4.71. The molecule has 3 rings (SSSR count). The van der Waals surface area contributed by atoms with E-state index in [9.17, 15) is 13.2 Å². The Morgan fingerprint density at radius 2 is 1.88 bits per heavy atom. The molecule has 0 aliphatic carbocycles. The largest absolute Gasteiger partial charge is 0.497 e. The fraction of sp³-hybridized carbons (Fsp3) is 0.353. The average Bonchev–Trinajstić information content (AvgIpc) is 3.21. The Labute approximate surface area is 147 Å². The first-order valence-corrected chi connectivity index (χ1v) is 7.86. The van der Waals surface area contributed by atoms with Gasteiger partial charge in [0.25, 0.3) is 0 Å². The zero-order valence-corrected chi connectivity index (χ0v) is 14.4. The van der Waals surface area contributed by atoms with Gasteiger partial charge in [-0.25, -0.2) is 0 Å². The molecule has 6 nitrogen and oxygen atoms in total. The number of methoxy groups -OCH3 is 1. The second kappa shape index (κ2) is 6.81. The minimum atomic E-state index is -4.50. The summed E-state index contributed by atoms with van der Waals surface area (Å²) in [5.41, 5.74) is 0.364. The van der Waals surface area contributed by atoms with Gasteiger partial charge in [-0.15, -0.1) is 10.2 Å². The predicted molar refractivity (Wildman–Crippen MR) is 85.9 cm³/mol. The highest BCUT2D eigenvalue weighted by molar-refractivity contribution is 5.28. The summed E-state index contributed by atoms with van der Waals surface area (Å²) < 4.78 is 50.4. The lowest BCUT2D eigenvalue weighted by atomic mass is 10.1. The zero-order chi connectivity index (χ0) is 18.9. The number of rotatable bonds is 5. The Balaban J connectivity index is 1.77. The van der Waals surface area contributed by atoms with Crippen LogP contribution >= 0.6 is 0 Å². The lowest BCUT2D eigenvalue weighted by Crippen LogP contribution is -2.13. The predicted octanol–water partition coefficient (Wildman–Crippen LogP) is 3.80. The van der Waals surface area contributed by atoms with Crippen molar-refractivity contribution in [3.8, 4) is 5.75 Å². The molecule has 0 saturated carbocycles. The number of benzene rings is 1. The van der Waals surface area contributed by atoms with E-state index in [4.69, 9.17) is 9.15 Å². The third-order valence-electron chi connectivity index (χ3n) is 3.93. The molecular weight excluding hydrogens is 349 g/mol. The average molecular weight is 366 g/mol. The Morgan fingerprint density at radius 1 is 1.19 bits per heavy atom. The third-order valence-corrected chi connectivity index (χ3v) is 3.93. The smallest absolute Gasteiger partial charge is 0.435 e. The quantitative estimate of drug-likeness (QED) is 0.687. The number of halogens is 3. The molecule has 0 N–H and O–H groups in total. The van der Waals surface area contributed by atoms with Crippen molar-refractivity contribution in [2.24, 2.45) is 0 Å². The maximum Gasteiger partial charge on any atom is 0.435 e. The maximum atomic E-state index is 12.8. The van der Waals surface area contributed by atoms with Gasteiger partial charge in [-0.3, -0.25) is 4.68 Å². The van der Waals surface area contributed by atoms with Crippen molar-refractivity contribution in [2.45, 2.75) is 32.5 Å². The monoisotopic (exact) mass is 366 g/mol. The highest BCUT2D eigenvalue weighted by Crippen LogP contribution is 2.30. The van der Waals surface area contributed by atoms with Crippen molar-refractivity contribution in [1.82, 2.24) is 20.0 Å². The summed E-state index contributed by atoms with van der Waals surface area (Å²) in [6, 6.07) is 7.77. The van der Waals surface area contributed by atoms with Crippen LogP contribution < -0.4 is 4.74 Å². The van der Waals surface area contributed by atoms with E-state index >= 15 is 0 Å². The van der Waals surface area contributed by atoms with Crippen LogP contribution in [0.3, 0.4) is 0 Å². The molecule has 0 radical (unpaired) electrons. The highest BCUT2D eigenvalue weighted by Gasteiger charge is 2.35. The summed E-state index contributed by atoms with van der Waals surface area (Å²) in [5, 5.41) is 11.5. The second-order valence-electron chi connectivity index (χ2n) is 5.85. The lowest BCUT2D eigenvalue weighted by Gasteiger charge is -2.10. The van der Waals surface area contributed by atoms with E-state index in [1.165, 1.54) is 4.68 Å². The van der Waals surface area contributed by atoms with Gasteiger partial charge < -0.3 is 9.15 Å². The molecule has 1 atom stereocenters. The molecule has 1 unspecified atom stereocenters. The maximum absolute atomic E-state index is 12.8. The molecule has 0 fully saturated rings. The number of aromatic nitrogens is 4. The fourth-order valence-electron chi connectivity index (χ4n) is 2.55. The van der Waals surface area contributed by atoms with Crippen molar-refractivity contribution < 1.29 is 22.3 Å². The van der Waals surface area contributed by atoms with Crippen LogP contribution in [0.25, 0.3) is 0 Å². The van der Waals surface area contributed by atoms with Gasteiger partial charge in [0.1, 0.15) is 11.8 Å². The molecule has 3 aromatic rings. The third kappa shape index (κ3) is 3.71. The van der Waals surface area contributed by atoms with Crippen molar-refractivity contribution in [1.29, 1.82) is 0 Å². The van der Waals surface area contributed by atoms with Crippen molar-refractivity contribution in [3.05, 3.63) is 59.1 Å². The summed E-state index contributed by atoms with van der Waals surface area (Å²) >= 11 is 0. The standard InChI is InChI=1S/C17H17F3N4O2/c1-10-8-14(17(18,19)20)23-24(10)11(2)16-22-21-15(26-16)9-12-4-6-13(25-3)7-5-12/h4-8,11H,9H2,1-3H3. The molecule has 9 heteroatoms. The highest BCUT2D eigenvalue weighted by atomic mass is 19.4. The number of hydrogen-bond donors (Lipinski definition) is 0. The van der Waals surface area contributed by atoms with Crippen molar-refractivity contribution in [2.75, 3.05) is 7.11 Å². The van der Waals surface area contributed by atoms with Gasteiger partial charge in [0, 0.05) is 5.69 Å². The molecular formula is C17H17F3N4O2. The first-order valence-electron chi connectivity index (χ1n) is 7.86. The minimum Gasteiger partial charge on any atom is -0.497 e. The van der Waals surface area contributed by atoms with Crippen LogP contribution in [-0.2, 0) is 12.6 Å². The van der Waals surface area contributed by atoms with Crippen LogP contribution in [0.1, 0.15) is 41.7 Å². The number of alkyl halides is 3. The molecule has 0 bridgehead atoms. The van der Waals surface area contributed by atoms with Crippen LogP contribution in [0.5, 0.6) is 5.75 Å². The fourth-order valence-corrected chi connectivity index (χ4v) is 2.55. The normalized spacial score (nSPS) is 13.0. The number of aryl methyl sites for hydroxylation is 1. The Bertz CT molecular complexity index is 884. The van der Waals surface area contributed by atoms with Gasteiger partial charge in [0.15, 0.2) is 5.69 Å². The van der Waals surface area contributed by atoms with Crippen LogP contribution in [0.2, 0.25) is 0 Å². The van der Waals surface area contributed by atoms with Gasteiger partial charge in [-0.1, -0.05) is 12.1 Å². The summed E-state index contributed by atoms with van der Waals surface area (Å²) in [6.45, 7) is 3.21. The van der Waals surface area contributed by atoms with Gasteiger partial charge >= 0.3 is 6.18 Å². The summed E-state index contributed by atoms with van der Waals surface area (Å²) in [4.78, 5) is 0. The van der Waals surface area contributed by atoms with E-state index in [-0.39, 0.29) is 5.89 Å². The summed E-state index contributed by atoms with van der Waals surface area (Å²) in [5.74, 6) is 1.31. The zero-order valence-electron chi connectivity index (χ0n) is 14.4. The second-order valence-corrected chi connectivity index (χ2v) is 5.85. The van der Waals surface area contributed by atoms with Gasteiger partial charge in [0.2, 0.25) is 11.8 Å². The first kappa shape index (κ1) is 18.0. The molecule has 0 aliphatic rings. The van der Waals surface area contributed by atoms with E-state index in [0.717, 1.165) is 17.4 Å². The first-order chi connectivity index (χ1) is 12.3.